The maximum absolute atomic E-state index is 12.5. The van der Waals surface area contributed by atoms with Gasteiger partial charge in [-0.3, -0.25) is 4.79 Å². The van der Waals surface area contributed by atoms with Gasteiger partial charge >= 0.3 is 0 Å². The third kappa shape index (κ3) is 4.68. The Morgan fingerprint density at radius 1 is 1.06 bits per heavy atom. The van der Waals surface area contributed by atoms with E-state index < -0.39 is 10.0 Å². The first kappa shape index (κ1) is 20.8. The molecule has 0 aliphatic heterocycles. The van der Waals surface area contributed by atoms with Crippen molar-refractivity contribution >= 4 is 27.0 Å². The number of aryl methyl sites for hydroxylation is 1. The Hall–Kier alpha value is -3.43. The van der Waals surface area contributed by atoms with Crippen molar-refractivity contribution in [3.8, 4) is 0 Å². The number of amides is 1. The first-order chi connectivity index (χ1) is 14.9. The van der Waals surface area contributed by atoms with Gasteiger partial charge in [0.15, 0.2) is 0 Å². The van der Waals surface area contributed by atoms with Gasteiger partial charge in [0.05, 0.1) is 28.7 Å². The molecule has 0 saturated carbocycles. The SMILES string of the molecule is Cc1nc2ccccc2n1CCNC(=O)c1ccc(S(=O)(=O)NCc2ccco2)cc1. The van der Waals surface area contributed by atoms with E-state index in [0.29, 0.717) is 24.4 Å². The average molecular weight is 439 g/mol. The van der Waals surface area contributed by atoms with E-state index in [1.165, 1.54) is 30.5 Å². The van der Waals surface area contributed by atoms with Crippen molar-refractivity contribution in [2.24, 2.45) is 0 Å². The number of sulfonamides is 1. The number of rotatable bonds is 8. The van der Waals surface area contributed by atoms with Crippen LogP contribution in [0.4, 0.5) is 0 Å². The highest BCUT2D eigenvalue weighted by atomic mass is 32.2. The van der Waals surface area contributed by atoms with Crippen LogP contribution in [0.15, 0.2) is 76.2 Å². The zero-order valence-electron chi connectivity index (χ0n) is 16.9. The summed E-state index contributed by atoms with van der Waals surface area (Å²) < 4.78 is 34.4. The van der Waals surface area contributed by atoms with Crippen LogP contribution >= 0.6 is 0 Å². The van der Waals surface area contributed by atoms with Gasteiger partial charge < -0.3 is 14.3 Å². The zero-order chi connectivity index (χ0) is 21.8. The van der Waals surface area contributed by atoms with Gasteiger partial charge in [-0.1, -0.05) is 12.1 Å². The third-order valence-electron chi connectivity index (χ3n) is 4.91. The molecule has 2 heterocycles. The van der Waals surface area contributed by atoms with Gasteiger partial charge in [-0.05, 0) is 55.5 Å². The number of carbonyl (C=O) groups is 1. The van der Waals surface area contributed by atoms with E-state index in [9.17, 15) is 13.2 Å². The molecule has 1 amide bonds. The summed E-state index contributed by atoms with van der Waals surface area (Å²) >= 11 is 0. The second-order valence-electron chi connectivity index (χ2n) is 6.98. The van der Waals surface area contributed by atoms with E-state index in [-0.39, 0.29) is 17.3 Å². The molecule has 2 aromatic heterocycles. The Morgan fingerprint density at radius 3 is 2.58 bits per heavy atom. The summed E-state index contributed by atoms with van der Waals surface area (Å²) in [6.45, 7) is 2.99. The number of fused-ring (bicyclic) bond motifs is 1. The highest BCUT2D eigenvalue weighted by Gasteiger charge is 2.15. The lowest BCUT2D eigenvalue weighted by molar-refractivity contribution is 0.0952. The Balaban J connectivity index is 1.35. The summed E-state index contributed by atoms with van der Waals surface area (Å²) in [6, 6.07) is 17.0. The number of nitrogens with one attached hydrogen (secondary N) is 2. The number of furan rings is 1. The Morgan fingerprint density at radius 2 is 1.84 bits per heavy atom. The van der Waals surface area contributed by atoms with Crippen LogP contribution in [0.2, 0.25) is 0 Å². The molecule has 0 fully saturated rings. The fourth-order valence-corrected chi connectivity index (χ4v) is 4.30. The molecule has 2 aromatic carbocycles. The molecular weight excluding hydrogens is 416 g/mol. The van der Waals surface area contributed by atoms with Crippen LogP contribution < -0.4 is 10.0 Å². The summed E-state index contributed by atoms with van der Waals surface area (Å²) in [4.78, 5) is 17.0. The molecule has 0 atom stereocenters. The highest BCUT2D eigenvalue weighted by molar-refractivity contribution is 7.89. The van der Waals surface area contributed by atoms with Crippen LogP contribution in [-0.4, -0.2) is 30.4 Å². The van der Waals surface area contributed by atoms with Crippen LogP contribution in [0.25, 0.3) is 11.0 Å². The van der Waals surface area contributed by atoms with Gasteiger partial charge in [-0.25, -0.2) is 18.1 Å². The smallest absolute Gasteiger partial charge is 0.251 e. The van der Waals surface area contributed by atoms with Gasteiger partial charge in [-0.15, -0.1) is 0 Å². The normalized spacial score (nSPS) is 11.6. The fraction of sp³-hybridized carbons (Fsp3) is 0.182. The number of para-hydroxylation sites is 2. The first-order valence-electron chi connectivity index (χ1n) is 9.76. The standard InChI is InChI=1S/C22H22N4O4S/c1-16-25-20-6-2-3-7-21(20)26(16)13-12-23-22(27)17-8-10-19(11-9-17)31(28,29)24-15-18-5-4-14-30-18/h2-11,14,24H,12-13,15H2,1H3,(H,23,27). The van der Waals surface area contributed by atoms with Gasteiger partial charge in [-0.2, -0.15) is 0 Å². The molecule has 0 aliphatic carbocycles. The summed E-state index contributed by atoms with van der Waals surface area (Å²) in [5.74, 6) is 1.13. The lowest BCUT2D eigenvalue weighted by atomic mass is 10.2. The fourth-order valence-electron chi connectivity index (χ4n) is 3.31. The van der Waals surface area contributed by atoms with Gasteiger partial charge in [0.25, 0.3) is 5.91 Å². The molecule has 4 aromatic rings. The topological polar surface area (TPSA) is 106 Å². The Bertz CT molecular complexity index is 1290. The van der Waals surface area contributed by atoms with Crippen molar-refractivity contribution in [3.05, 3.63) is 84.1 Å². The molecule has 8 nitrogen and oxygen atoms in total. The van der Waals surface area contributed by atoms with Crippen molar-refractivity contribution in [2.45, 2.75) is 24.9 Å². The van der Waals surface area contributed by atoms with Crippen molar-refractivity contribution in [3.63, 3.8) is 0 Å². The molecule has 0 unspecified atom stereocenters. The van der Waals surface area contributed by atoms with E-state index in [2.05, 4.69) is 19.6 Å². The number of hydrogen-bond acceptors (Lipinski definition) is 5. The van der Waals surface area contributed by atoms with Gasteiger partial charge in [0, 0.05) is 18.7 Å². The van der Waals surface area contributed by atoms with Crippen LogP contribution in [0, 0.1) is 6.92 Å². The Labute approximate surface area is 180 Å². The second-order valence-corrected chi connectivity index (χ2v) is 8.75. The molecule has 0 spiro atoms. The molecule has 31 heavy (non-hydrogen) atoms. The van der Waals surface area contributed by atoms with E-state index in [1.54, 1.807) is 12.1 Å². The van der Waals surface area contributed by atoms with E-state index in [0.717, 1.165) is 16.9 Å². The second kappa shape index (κ2) is 8.75. The summed E-state index contributed by atoms with van der Waals surface area (Å²) in [6.07, 6.45) is 1.48. The minimum atomic E-state index is -3.70. The summed E-state index contributed by atoms with van der Waals surface area (Å²) in [5.41, 5.74) is 2.33. The van der Waals surface area contributed by atoms with Crippen LogP contribution in [0.1, 0.15) is 21.9 Å². The Kier molecular flexibility index (Phi) is 5.88. The van der Waals surface area contributed by atoms with Crippen LogP contribution in [0.3, 0.4) is 0 Å². The van der Waals surface area contributed by atoms with E-state index in [1.807, 2.05) is 31.2 Å². The molecule has 0 aliphatic rings. The van der Waals surface area contributed by atoms with Crippen molar-refractivity contribution in [1.29, 1.82) is 0 Å². The molecule has 0 radical (unpaired) electrons. The lowest BCUT2D eigenvalue weighted by Gasteiger charge is -2.10. The number of hydrogen-bond donors (Lipinski definition) is 2. The summed E-state index contributed by atoms with van der Waals surface area (Å²) in [5, 5.41) is 2.87. The third-order valence-corrected chi connectivity index (χ3v) is 6.33. The van der Waals surface area contributed by atoms with Crippen LogP contribution in [-0.2, 0) is 23.1 Å². The quantitative estimate of drug-likeness (QED) is 0.440. The highest BCUT2D eigenvalue weighted by Crippen LogP contribution is 2.15. The number of carbonyl (C=O) groups excluding carboxylic acids is 1. The molecule has 0 saturated heterocycles. The molecule has 4 rings (SSSR count). The lowest BCUT2D eigenvalue weighted by Crippen LogP contribution is -2.27. The van der Waals surface area contributed by atoms with Gasteiger partial charge in [0.1, 0.15) is 11.6 Å². The predicted molar refractivity (Wildman–Crippen MR) is 116 cm³/mol. The maximum Gasteiger partial charge on any atom is 0.251 e. The predicted octanol–water partition coefficient (Wildman–Crippen LogP) is 2.85. The van der Waals surface area contributed by atoms with Crippen molar-refractivity contribution in [2.75, 3.05) is 6.54 Å². The zero-order valence-corrected chi connectivity index (χ0v) is 17.7. The van der Waals surface area contributed by atoms with Crippen molar-refractivity contribution < 1.29 is 17.6 Å². The maximum atomic E-state index is 12.5. The largest absolute Gasteiger partial charge is 0.468 e. The minimum absolute atomic E-state index is 0.0555. The molecule has 9 heteroatoms. The number of nitrogens with zero attached hydrogens (tertiary/aromatic N) is 2. The number of imidazole rings is 1. The van der Waals surface area contributed by atoms with E-state index in [4.69, 9.17) is 4.42 Å². The number of aromatic nitrogens is 2. The van der Waals surface area contributed by atoms with Crippen LogP contribution in [0.5, 0.6) is 0 Å². The van der Waals surface area contributed by atoms with Gasteiger partial charge in [0.2, 0.25) is 10.0 Å². The summed E-state index contributed by atoms with van der Waals surface area (Å²) in [7, 11) is -3.70. The first-order valence-corrected chi connectivity index (χ1v) is 11.2. The molecule has 160 valence electrons. The molecular formula is C22H22N4O4S. The molecule has 0 bridgehead atoms. The minimum Gasteiger partial charge on any atom is -0.468 e. The number of benzene rings is 2. The monoisotopic (exact) mass is 438 g/mol. The molecule has 2 N–H and O–H groups in total. The average Bonchev–Trinajstić information content (AvgIpc) is 3.40. The van der Waals surface area contributed by atoms with Crippen molar-refractivity contribution in [1.82, 2.24) is 19.6 Å². The van der Waals surface area contributed by atoms with E-state index >= 15 is 0 Å².